The summed E-state index contributed by atoms with van der Waals surface area (Å²) in [6.07, 6.45) is 3.22. The average molecular weight is 323 g/mol. The molecular formula is C16H13N5OS. The van der Waals surface area contributed by atoms with Crippen molar-refractivity contribution in [2.75, 3.05) is 0 Å². The number of aromatic nitrogens is 5. The van der Waals surface area contributed by atoms with Gasteiger partial charge in [-0.2, -0.15) is 15.0 Å². The molecule has 0 amide bonds. The van der Waals surface area contributed by atoms with Gasteiger partial charge >= 0.3 is 0 Å². The van der Waals surface area contributed by atoms with Crippen molar-refractivity contribution in [3.8, 4) is 10.4 Å². The van der Waals surface area contributed by atoms with Crippen molar-refractivity contribution in [2.45, 2.75) is 6.54 Å². The molecule has 114 valence electrons. The molecule has 0 spiro atoms. The molecular weight excluding hydrogens is 310 g/mol. The van der Waals surface area contributed by atoms with Crippen molar-refractivity contribution in [1.82, 2.24) is 24.5 Å². The van der Waals surface area contributed by atoms with Gasteiger partial charge in [0.25, 0.3) is 5.56 Å². The molecule has 0 N–H and O–H groups in total. The lowest BCUT2D eigenvalue weighted by Gasteiger charge is -2.01. The molecule has 0 radical (unpaired) electrons. The lowest BCUT2D eigenvalue weighted by atomic mass is 10.2. The first kappa shape index (κ1) is 13.8. The van der Waals surface area contributed by atoms with Gasteiger partial charge in [0.05, 0.1) is 24.6 Å². The molecule has 3 aromatic heterocycles. The number of hydrogen-bond donors (Lipinski definition) is 0. The van der Waals surface area contributed by atoms with Gasteiger partial charge in [-0.15, -0.1) is 11.3 Å². The Balaban J connectivity index is 1.77. The van der Waals surface area contributed by atoms with Crippen molar-refractivity contribution in [2.24, 2.45) is 7.05 Å². The number of aryl methyl sites for hydroxylation is 1. The normalized spacial score (nSPS) is 11.2. The van der Waals surface area contributed by atoms with Crippen LogP contribution in [-0.2, 0) is 13.6 Å². The van der Waals surface area contributed by atoms with Crippen LogP contribution in [0.4, 0.5) is 0 Å². The topological polar surface area (TPSA) is 65.6 Å². The minimum absolute atomic E-state index is 0.0483. The van der Waals surface area contributed by atoms with Crippen LogP contribution in [0.25, 0.3) is 20.7 Å². The van der Waals surface area contributed by atoms with Gasteiger partial charge in [-0.1, -0.05) is 30.3 Å². The maximum Gasteiger partial charge on any atom is 0.271 e. The van der Waals surface area contributed by atoms with Gasteiger partial charge in [0.2, 0.25) is 0 Å². The summed E-state index contributed by atoms with van der Waals surface area (Å²) in [6, 6.07) is 12.0. The van der Waals surface area contributed by atoms with Gasteiger partial charge in [-0.3, -0.25) is 9.36 Å². The fraction of sp³-hybridized carbons (Fsp3) is 0.125. The summed E-state index contributed by atoms with van der Waals surface area (Å²) in [7, 11) is 1.75. The molecule has 0 bridgehead atoms. The van der Waals surface area contributed by atoms with Crippen LogP contribution < -0.4 is 5.56 Å². The predicted octanol–water partition coefficient (Wildman–Crippen LogP) is 2.30. The van der Waals surface area contributed by atoms with E-state index in [0.717, 1.165) is 21.7 Å². The minimum Gasteiger partial charge on any atom is -0.292 e. The highest BCUT2D eigenvalue weighted by atomic mass is 32.1. The summed E-state index contributed by atoms with van der Waals surface area (Å²) in [5.74, 6) is 0. The van der Waals surface area contributed by atoms with E-state index in [1.165, 1.54) is 16.1 Å². The molecule has 0 fully saturated rings. The van der Waals surface area contributed by atoms with E-state index in [9.17, 15) is 4.79 Å². The zero-order valence-corrected chi connectivity index (χ0v) is 13.2. The molecule has 0 saturated carbocycles. The number of thiophene rings is 1. The highest BCUT2D eigenvalue weighted by molar-refractivity contribution is 7.22. The monoisotopic (exact) mass is 323 g/mol. The Hall–Kier alpha value is -2.80. The van der Waals surface area contributed by atoms with Crippen LogP contribution in [0.3, 0.4) is 0 Å². The van der Waals surface area contributed by atoms with Crippen molar-refractivity contribution < 1.29 is 0 Å². The summed E-state index contributed by atoms with van der Waals surface area (Å²) in [6.45, 7) is 0.369. The Morgan fingerprint density at radius 1 is 1.22 bits per heavy atom. The van der Waals surface area contributed by atoms with E-state index >= 15 is 0 Å². The molecule has 6 nitrogen and oxygen atoms in total. The summed E-state index contributed by atoms with van der Waals surface area (Å²) in [5.41, 5.74) is 2.51. The molecule has 0 aliphatic heterocycles. The first-order valence-electron chi connectivity index (χ1n) is 7.10. The molecule has 3 heterocycles. The van der Waals surface area contributed by atoms with Gasteiger partial charge < -0.3 is 0 Å². The lowest BCUT2D eigenvalue weighted by Crippen LogP contribution is -2.20. The zero-order chi connectivity index (χ0) is 15.8. The highest BCUT2D eigenvalue weighted by Crippen LogP contribution is 2.30. The second-order valence-electron chi connectivity index (χ2n) is 5.19. The minimum atomic E-state index is -0.0483. The van der Waals surface area contributed by atoms with Crippen molar-refractivity contribution in [3.63, 3.8) is 0 Å². The molecule has 1 aromatic carbocycles. The SMILES string of the molecule is Cn1ncc(Cn2cnc3cc(-c4ccccc4)sc3c2=O)n1. The Morgan fingerprint density at radius 3 is 2.78 bits per heavy atom. The van der Waals surface area contributed by atoms with Crippen molar-refractivity contribution in [1.29, 1.82) is 0 Å². The fourth-order valence-electron chi connectivity index (χ4n) is 2.44. The standard InChI is InChI=1S/C16H13N5OS/c1-20-18-8-12(19-20)9-21-10-17-13-7-14(23-15(13)16(21)22)11-5-3-2-4-6-11/h2-8,10H,9H2,1H3. The maximum absolute atomic E-state index is 12.7. The van der Waals surface area contributed by atoms with E-state index in [4.69, 9.17) is 0 Å². The van der Waals surface area contributed by atoms with Crippen molar-refractivity contribution in [3.05, 3.63) is 65.0 Å². The number of rotatable bonds is 3. The Morgan fingerprint density at radius 2 is 2.04 bits per heavy atom. The van der Waals surface area contributed by atoms with E-state index < -0.39 is 0 Å². The second kappa shape index (κ2) is 5.44. The quantitative estimate of drug-likeness (QED) is 0.580. The molecule has 0 aliphatic rings. The van der Waals surface area contributed by atoms with E-state index in [-0.39, 0.29) is 5.56 Å². The van der Waals surface area contributed by atoms with E-state index in [1.54, 1.807) is 24.1 Å². The third kappa shape index (κ3) is 2.55. The number of benzene rings is 1. The molecule has 7 heteroatoms. The molecule has 4 rings (SSSR count). The van der Waals surface area contributed by atoms with Crippen LogP contribution in [0.2, 0.25) is 0 Å². The van der Waals surface area contributed by atoms with Crippen LogP contribution in [-0.4, -0.2) is 24.5 Å². The van der Waals surface area contributed by atoms with Crippen molar-refractivity contribution >= 4 is 21.6 Å². The Kier molecular flexibility index (Phi) is 3.27. The third-order valence-corrected chi connectivity index (χ3v) is 4.70. The summed E-state index contributed by atoms with van der Waals surface area (Å²) < 4.78 is 2.23. The second-order valence-corrected chi connectivity index (χ2v) is 6.25. The first-order chi connectivity index (χ1) is 11.2. The summed E-state index contributed by atoms with van der Waals surface area (Å²) >= 11 is 1.47. The fourth-order valence-corrected chi connectivity index (χ4v) is 3.50. The molecule has 4 aromatic rings. The molecule has 23 heavy (non-hydrogen) atoms. The summed E-state index contributed by atoms with van der Waals surface area (Å²) in [4.78, 5) is 19.6. The van der Waals surface area contributed by atoms with Gasteiger partial charge in [-0.05, 0) is 11.6 Å². The Labute approximate surface area is 135 Å². The summed E-state index contributed by atoms with van der Waals surface area (Å²) in [5, 5.41) is 8.22. The highest BCUT2D eigenvalue weighted by Gasteiger charge is 2.11. The van der Waals surface area contributed by atoms with Crippen LogP contribution in [0.5, 0.6) is 0 Å². The van der Waals surface area contributed by atoms with Gasteiger partial charge in [0.15, 0.2) is 0 Å². The van der Waals surface area contributed by atoms with Crippen LogP contribution in [0.15, 0.2) is 53.7 Å². The molecule has 0 unspecified atom stereocenters. The van der Waals surface area contributed by atoms with Gasteiger partial charge in [0, 0.05) is 11.9 Å². The first-order valence-corrected chi connectivity index (χ1v) is 7.92. The van der Waals surface area contributed by atoms with Gasteiger partial charge in [0.1, 0.15) is 10.4 Å². The van der Waals surface area contributed by atoms with E-state index in [1.807, 2.05) is 36.4 Å². The Bertz CT molecular complexity index is 1030. The largest absolute Gasteiger partial charge is 0.292 e. The smallest absolute Gasteiger partial charge is 0.271 e. The maximum atomic E-state index is 12.7. The lowest BCUT2D eigenvalue weighted by molar-refractivity contribution is 0.632. The van der Waals surface area contributed by atoms with Crippen LogP contribution >= 0.6 is 11.3 Å². The number of hydrogen-bond acceptors (Lipinski definition) is 5. The molecule has 0 aliphatic carbocycles. The van der Waals surface area contributed by atoms with Crippen LogP contribution in [0.1, 0.15) is 5.69 Å². The van der Waals surface area contributed by atoms with E-state index in [2.05, 4.69) is 15.2 Å². The molecule has 0 atom stereocenters. The van der Waals surface area contributed by atoms with Gasteiger partial charge in [-0.25, -0.2) is 4.98 Å². The predicted molar refractivity (Wildman–Crippen MR) is 89.4 cm³/mol. The third-order valence-electron chi connectivity index (χ3n) is 3.54. The average Bonchev–Trinajstić information content (AvgIpc) is 3.18. The van der Waals surface area contributed by atoms with Crippen LogP contribution in [0, 0.1) is 0 Å². The number of nitrogens with zero attached hydrogens (tertiary/aromatic N) is 5. The van der Waals surface area contributed by atoms with E-state index in [0.29, 0.717) is 11.2 Å². The number of fused-ring (bicyclic) bond motifs is 1. The zero-order valence-electron chi connectivity index (χ0n) is 12.4. The molecule has 0 saturated heterocycles.